The molecule has 2 N–H and O–H groups in total. The number of aromatic nitrogens is 1. The fourth-order valence-corrected chi connectivity index (χ4v) is 2.89. The average Bonchev–Trinajstić information content (AvgIpc) is 3.01. The minimum Gasteiger partial charge on any atom is -0.357 e. The van der Waals surface area contributed by atoms with Crippen LogP contribution < -0.4 is 10.6 Å². The molecule has 0 atom stereocenters. The molecule has 1 saturated heterocycles. The summed E-state index contributed by atoms with van der Waals surface area (Å²) in [6.07, 6.45) is 9.11. The van der Waals surface area contributed by atoms with Crippen LogP contribution in [-0.2, 0) is 11.3 Å². The fourth-order valence-electron chi connectivity index (χ4n) is 2.89. The van der Waals surface area contributed by atoms with Gasteiger partial charge in [0.15, 0.2) is 5.96 Å². The lowest BCUT2D eigenvalue weighted by Crippen LogP contribution is -2.39. The molecule has 0 bridgehead atoms. The highest BCUT2D eigenvalue weighted by Crippen LogP contribution is 2.11. The molecule has 1 aromatic rings. The third kappa shape index (κ3) is 6.64. The number of rotatable bonds is 8. The molecule has 1 aromatic heterocycles. The lowest BCUT2D eigenvalue weighted by Gasteiger charge is -2.20. The van der Waals surface area contributed by atoms with Crippen molar-refractivity contribution in [2.75, 3.05) is 32.7 Å². The largest absolute Gasteiger partial charge is 0.357 e. The highest BCUT2D eigenvalue weighted by molar-refractivity contribution is 5.79. The van der Waals surface area contributed by atoms with Gasteiger partial charge in [-0.25, -0.2) is 0 Å². The van der Waals surface area contributed by atoms with Gasteiger partial charge in [0.05, 0.1) is 0 Å². The van der Waals surface area contributed by atoms with Crippen molar-refractivity contribution in [2.45, 2.75) is 45.6 Å². The van der Waals surface area contributed by atoms with Crippen molar-refractivity contribution >= 4 is 11.9 Å². The van der Waals surface area contributed by atoms with Crippen LogP contribution in [0.2, 0.25) is 0 Å². The van der Waals surface area contributed by atoms with Gasteiger partial charge in [-0.3, -0.25) is 9.79 Å². The van der Waals surface area contributed by atoms with Crippen molar-refractivity contribution in [1.82, 2.24) is 20.1 Å². The van der Waals surface area contributed by atoms with Crippen LogP contribution in [-0.4, -0.2) is 54.1 Å². The molecule has 1 aliphatic heterocycles. The van der Waals surface area contributed by atoms with Crippen LogP contribution in [0.15, 0.2) is 29.5 Å². The molecule has 2 rings (SSSR count). The minimum absolute atomic E-state index is 0.313. The quantitative estimate of drug-likeness (QED) is 0.433. The number of nitrogens with one attached hydrogen (secondary N) is 2. The van der Waals surface area contributed by atoms with Gasteiger partial charge in [0.25, 0.3) is 0 Å². The monoisotopic (exact) mass is 333 g/mol. The Bertz CT molecular complexity index is 498. The highest BCUT2D eigenvalue weighted by Gasteiger charge is 2.15. The second-order valence-corrected chi connectivity index (χ2v) is 6.15. The molecular weight excluding hydrogens is 302 g/mol. The van der Waals surface area contributed by atoms with E-state index in [2.05, 4.69) is 39.5 Å². The molecule has 0 radical (unpaired) electrons. The maximum atomic E-state index is 12.0. The zero-order chi connectivity index (χ0) is 17.0. The van der Waals surface area contributed by atoms with Crippen LogP contribution in [0.5, 0.6) is 0 Å². The van der Waals surface area contributed by atoms with E-state index in [-0.39, 0.29) is 0 Å². The third-order valence-electron chi connectivity index (χ3n) is 4.20. The Morgan fingerprint density at radius 3 is 2.79 bits per heavy atom. The van der Waals surface area contributed by atoms with Crippen LogP contribution in [0.3, 0.4) is 0 Å². The number of aliphatic imine (C=N–C) groups is 1. The summed E-state index contributed by atoms with van der Waals surface area (Å²) in [5.41, 5.74) is 0. The minimum atomic E-state index is 0.313. The molecule has 0 unspecified atom stereocenters. The standard InChI is InChI=1S/C18H31N5O/c1-2-19-18(21-11-16-22-12-6-7-13-22)20-10-8-15-23-14-5-3-4-9-17(23)24/h6-7,12-13H,2-5,8-11,14-16H2,1H3,(H2,19,20,21). The summed E-state index contributed by atoms with van der Waals surface area (Å²) < 4.78 is 2.14. The van der Waals surface area contributed by atoms with Gasteiger partial charge in [0.2, 0.25) is 5.91 Å². The Morgan fingerprint density at radius 1 is 1.17 bits per heavy atom. The van der Waals surface area contributed by atoms with E-state index < -0.39 is 0 Å². The molecule has 0 spiro atoms. The smallest absolute Gasteiger partial charge is 0.222 e. The maximum absolute atomic E-state index is 12.0. The number of hydrogen-bond acceptors (Lipinski definition) is 2. The number of likely N-dealkylation sites (tertiary alicyclic amines) is 1. The number of hydrogen-bond donors (Lipinski definition) is 2. The molecular formula is C18H31N5O. The van der Waals surface area contributed by atoms with Crippen molar-refractivity contribution in [3.63, 3.8) is 0 Å². The number of carbonyl (C=O) groups is 1. The van der Waals surface area contributed by atoms with Gasteiger partial charge in [-0.05, 0) is 38.3 Å². The van der Waals surface area contributed by atoms with E-state index in [1.54, 1.807) is 0 Å². The van der Waals surface area contributed by atoms with Crippen LogP contribution in [0, 0.1) is 0 Å². The molecule has 0 aromatic carbocycles. The molecule has 2 heterocycles. The third-order valence-corrected chi connectivity index (χ3v) is 4.20. The molecule has 1 amide bonds. The molecule has 1 fully saturated rings. The van der Waals surface area contributed by atoms with E-state index >= 15 is 0 Å². The van der Waals surface area contributed by atoms with E-state index in [0.717, 1.165) is 64.5 Å². The Balaban J connectivity index is 1.68. The first-order chi connectivity index (χ1) is 11.8. The Kier molecular flexibility index (Phi) is 8.21. The first-order valence-corrected chi connectivity index (χ1v) is 9.20. The lowest BCUT2D eigenvalue weighted by molar-refractivity contribution is -0.130. The van der Waals surface area contributed by atoms with Crippen molar-refractivity contribution in [3.05, 3.63) is 24.5 Å². The Hall–Kier alpha value is -1.98. The lowest BCUT2D eigenvalue weighted by atomic mass is 10.2. The van der Waals surface area contributed by atoms with Crippen LogP contribution in [0.1, 0.15) is 39.0 Å². The van der Waals surface area contributed by atoms with E-state index in [0.29, 0.717) is 12.3 Å². The van der Waals surface area contributed by atoms with Gasteiger partial charge in [-0.15, -0.1) is 0 Å². The number of guanidine groups is 1. The second kappa shape index (κ2) is 10.7. The average molecular weight is 333 g/mol. The van der Waals surface area contributed by atoms with Crippen LogP contribution in [0.25, 0.3) is 0 Å². The summed E-state index contributed by atoms with van der Waals surface area (Å²) in [5, 5.41) is 6.62. The normalized spacial score (nSPS) is 16.1. The van der Waals surface area contributed by atoms with Gasteiger partial charge >= 0.3 is 0 Å². The van der Waals surface area contributed by atoms with Gasteiger partial charge < -0.3 is 20.1 Å². The zero-order valence-corrected chi connectivity index (χ0v) is 14.8. The highest BCUT2D eigenvalue weighted by atomic mass is 16.2. The van der Waals surface area contributed by atoms with E-state index in [9.17, 15) is 4.79 Å². The maximum Gasteiger partial charge on any atom is 0.222 e. The number of carbonyl (C=O) groups excluding carboxylic acids is 1. The van der Waals surface area contributed by atoms with Gasteiger partial charge in [-0.2, -0.15) is 0 Å². The Labute approximate surface area is 145 Å². The first-order valence-electron chi connectivity index (χ1n) is 9.20. The summed E-state index contributed by atoms with van der Waals surface area (Å²) >= 11 is 0. The Morgan fingerprint density at radius 2 is 2.00 bits per heavy atom. The van der Waals surface area contributed by atoms with Gasteiger partial charge in [0, 0.05) is 58.1 Å². The summed E-state index contributed by atoms with van der Waals surface area (Å²) in [4.78, 5) is 18.6. The van der Waals surface area contributed by atoms with Gasteiger partial charge in [-0.1, -0.05) is 6.42 Å². The van der Waals surface area contributed by atoms with Crippen molar-refractivity contribution in [2.24, 2.45) is 4.99 Å². The molecule has 134 valence electrons. The van der Waals surface area contributed by atoms with E-state index in [1.807, 2.05) is 17.0 Å². The topological polar surface area (TPSA) is 61.7 Å². The molecule has 6 nitrogen and oxygen atoms in total. The van der Waals surface area contributed by atoms with Crippen LogP contribution in [0.4, 0.5) is 0 Å². The van der Waals surface area contributed by atoms with Crippen molar-refractivity contribution < 1.29 is 4.79 Å². The molecule has 1 aliphatic rings. The van der Waals surface area contributed by atoms with Crippen LogP contribution >= 0.6 is 0 Å². The predicted octanol–water partition coefficient (Wildman–Crippen LogP) is 1.84. The zero-order valence-electron chi connectivity index (χ0n) is 14.8. The van der Waals surface area contributed by atoms with Crippen molar-refractivity contribution in [1.29, 1.82) is 0 Å². The summed E-state index contributed by atoms with van der Waals surface area (Å²) in [7, 11) is 0. The fraction of sp³-hybridized carbons (Fsp3) is 0.667. The predicted molar refractivity (Wildman–Crippen MR) is 98.1 cm³/mol. The summed E-state index contributed by atoms with van der Waals surface area (Å²) in [5.74, 6) is 1.17. The summed E-state index contributed by atoms with van der Waals surface area (Å²) in [6, 6.07) is 4.06. The first kappa shape index (κ1) is 18.4. The van der Waals surface area contributed by atoms with Gasteiger partial charge in [0.1, 0.15) is 0 Å². The number of nitrogens with zero attached hydrogens (tertiary/aromatic N) is 3. The second-order valence-electron chi connectivity index (χ2n) is 6.15. The molecule has 6 heteroatoms. The molecule has 0 aliphatic carbocycles. The SMILES string of the molecule is CCNC(=NCCCN1CCCCCC1=O)NCCn1cccc1. The summed E-state index contributed by atoms with van der Waals surface area (Å²) in [6.45, 7) is 7.15. The number of amides is 1. The molecule has 24 heavy (non-hydrogen) atoms. The van der Waals surface area contributed by atoms with Crippen molar-refractivity contribution in [3.8, 4) is 0 Å². The van der Waals surface area contributed by atoms with E-state index in [4.69, 9.17) is 0 Å². The molecule has 0 saturated carbocycles. The van der Waals surface area contributed by atoms with E-state index in [1.165, 1.54) is 6.42 Å².